The molecule has 3 saturated heterocycles. The number of benzene rings is 1. The Hall–Kier alpha value is -1.43. The molecule has 0 saturated carbocycles. The van der Waals surface area contributed by atoms with Crippen molar-refractivity contribution in [1.82, 2.24) is 5.32 Å². The van der Waals surface area contributed by atoms with E-state index >= 15 is 0 Å². The van der Waals surface area contributed by atoms with E-state index in [2.05, 4.69) is 5.32 Å². The van der Waals surface area contributed by atoms with Crippen LogP contribution in [0.4, 0.5) is 0 Å². The smallest absolute Gasteiger partial charge is 0.316 e. The molecule has 5 heteroatoms. The summed E-state index contributed by atoms with van der Waals surface area (Å²) in [6, 6.07) is 9.93. The van der Waals surface area contributed by atoms with Crippen LogP contribution in [0.2, 0.25) is 0 Å². The van der Waals surface area contributed by atoms with Crippen molar-refractivity contribution in [2.75, 3.05) is 6.61 Å². The lowest BCUT2D eigenvalue weighted by Gasteiger charge is -2.31. The van der Waals surface area contributed by atoms with Crippen LogP contribution in [0.3, 0.4) is 0 Å². The monoisotopic (exact) mass is 289 g/mol. The second kappa shape index (κ2) is 5.09. The van der Waals surface area contributed by atoms with E-state index in [9.17, 15) is 9.90 Å². The van der Waals surface area contributed by atoms with Crippen molar-refractivity contribution in [1.29, 1.82) is 0 Å². The highest BCUT2D eigenvalue weighted by molar-refractivity contribution is 5.78. The molecule has 1 aromatic carbocycles. The summed E-state index contributed by atoms with van der Waals surface area (Å²) < 4.78 is 11.2. The molecule has 1 aromatic rings. The predicted molar refractivity (Wildman–Crippen MR) is 74.8 cm³/mol. The van der Waals surface area contributed by atoms with Crippen LogP contribution >= 0.6 is 0 Å². The number of carbonyl (C=O) groups excluding carboxylic acids is 1. The van der Waals surface area contributed by atoms with Crippen molar-refractivity contribution < 1.29 is 19.4 Å². The molecule has 0 amide bonds. The van der Waals surface area contributed by atoms with Gasteiger partial charge in [0, 0.05) is 24.9 Å². The van der Waals surface area contributed by atoms with Gasteiger partial charge in [0.25, 0.3) is 0 Å². The average molecular weight is 289 g/mol. The van der Waals surface area contributed by atoms with E-state index in [0.717, 1.165) is 18.4 Å². The minimum atomic E-state index is -0.593. The number of esters is 1. The van der Waals surface area contributed by atoms with Crippen molar-refractivity contribution in [3.8, 4) is 0 Å². The first kappa shape index (κ1) is 13.2. The quantitative estimate of drug-likeness (QED) is 0.626. The zero-order valence-electron chi connectivity index (χ0n) is 11.6. The molecule has 21 heavy (non-hydrogen) atoms. The SMILES string of the molecule is O=C(OC1C[C@@H]2N[C@H](C1)[C@H]1O[C@H]12)[C@H](CO)c1ccccc1. The topological polar surface area (TPSA) is 71.1 Å². The number of aliphatic hydroxyl groups is 1. The second-order valence-corrected chi connectivity index (χ2v) is 6.12. The van der Waals surface area contributed by atoms with Crippen LogP contribution in [0, 0.1) is 0 Å². The first-order valence-corrected chi connectivity index (χ1v) is 7.54. The van der Waals surface area contributed by atoms with Gasteiger partial charge in [-0.15, -0.1) is 0 Å². The van der Waals surface area contributed by atoms with Crippen LogP contribution in [0.15, 0.2) is 30.3 Å². The number of morpholine rings is 1. The summed E-state index contributed by atoms with van der Waals surface area (Å²) in [5, 5.41) is 13.0. The minimum absolute atomic E-state index is 0.0667. The molecule has 3 fully saturated rings. The zero-order chi connectivity index (χ0) is 14.4. The van der Waals surface area contributed by atoms with E-state index in [1.54, 1.807) is 0 Å². The summed E-state index contributed by atoms with van der Waals surface area (Å²) in [6.45, 7) is -0.227. The number of hydrogen-bond donors (Lipinski definition) is 2. The molecule has 3 aliphatic heterocycles. The zero-order valence-corrected chi connectivity index (χ0v) is 11.6. The standard InChI is InChI=1S/C16H19NO4/c18-8-11(9-4-2-1-3-5-9)16(19)20-10-6-12-14-15(21-14)13(7-10)17-12/h1-5,10-15,17-18H,6-8H2/t10?,11-,12-,13+,14-,15+/m1/s1. The molecule has 1 unspecified atom stereocenters. The molecular formula is C16H19NO4. The van der Waals surface area contributed by atoms with Gasteiger partial charge >= 0.3 is 5.97 Å². The molecule has 0 aromatic heterocycles. The van der Waals surface area contributed by atoms with E-state index in [1.165, 1.54) is 0 Å². The molecule has 2 N–H and O–H groups in total. The van der Waals surface area contributed by atoms with E-state index < -0.39 is 5.92 Å². The van der Waals surface area contributed by atoms with Gasteiger partial charge in [0.15, 0.2) is 0 Å². The fraction of sp³-hybridized carbons (Fsp3) is 0.562. The minimum Gasteiger partial charge on any atom is -0.462 e. The Morgan fingerprint density at radius 1 is 1.29 bits per heavy atom. The van der Waals surface area contributed by atoms with Gasteiger partial charge < -0.3 is 19.9 Å². The average Bonchev–Trinajstić information content (AvgIpc) is 3.25. The second-order valence-electron chi connectivity index (χ2n) is 6.12. The fourth-order valence-corrected chi connectivity index (χ4v) is 3.66. The Kier molecular flexibility index (Phi) is 3.21. The Balaban J connectivity index is 1.41. The third kappa shape index (κ3) is 2.35. The van der Waals surface area contributed by atoms with Crippen LogP contribution in [0.5, 0.6) is 0 Å². The number of aliphatic hydroxyl groups excluding tert-OH is 1. The van der Waals surface area contributed by atoms with Gasteiger partial charge in [-0.1, -0.05) is 30.3 Å². The lowest BCUT2D eigenvalue weighted by molar-refractivity contribution is -0.154. The van der Waals surface area contributed by atoms with E-state index in [4.69, 9.17) is 9.47 Å². The van der Waals surface area contributed by atoms with Gasteiger partial charge in [0.1, 0.15) is 24.2 Å². The number of ether oxygens (including phenoxy) is 2. The molecule has 5 nitrogen and oxygen atoms in total. The maximum atomic E-state index is 12.3. The Labute approximate surface area is 123 Å². The Bertz CT molecular complexity index is 518. The fourth-order valence-electron chi connectivity index (χ4n) is 3.66. The maximum absolute atomic E-state index is 12.3. The first-order valence-electron chi connectivity index (χ1n) is 7.54. The van der Waals surface area contributed by atoms with E-state index in [1.807, 2.05) is 30.3 Å². The van der Waals surface area contributed by atoms with E-state index in [-0.39, 0.29) is 18.7 Å². The summed E-state index contributed by atoms with van der Waals surface area (Å²) in [7, 11) is 0. The number of hydrogen-bond acceptors (Lipinski definition) is 5. The summed E-state index contributed by atoms with van der Waals surface area (Å²) in [6.07, 6.45) is 2.18. The summed E-state index contributed by atoms with van der Waals surface area (Å²) in [5.74, 6) is -0.922. The van der Waals surface area contributed by atoms with Crippen LogP contribution in [0.25, 0.3) is 0 Å². The summed E-state index contributed by atoms with van der Waals surface area (Å²) >= 11 is 0. The molecule has 112 valence electrons. The molecule has 2 bridgehead atoms. The highest BCUT2D eigenvalue weighted by Gasteiger charge is 2.59. The van der Waals surface area contributed by atoms with Crippen molar-refractivity contribution in [3.05, 3.63) is 35.9 Å². The number of carbonyl (C=O) groups is 1. The molecule has 3 heterocycles. The number of nitrogens with one attached hydrogen (secondary N) is 1. The first-order chi connectivity index (χ1) is 10.3. The third-order valence-corrected chi connectivity index (χ3v) is 4.77. The number of fused-ring (bicyclic) bond motifs is 5. The highest BCUT2D eigenvalue weighted by Crippen LogP contribution is 2.42. The van der Waals surface area contributed by atoms with Gasteiger partial charge in [0.05, 0.1) is 6.61 Å². The third-order valence-electron chi connectivity index (χ3n) is 4.77. The van der Waals surface area contributed by atoms with Crippen LogP contribution in [-0.4, -0.2) is 48.1 Å². The van der Waals surface area contributed by atoms with Crippen LogP contribution in [-0.2, 0) is 14.3 Å². The van der Waals surface area contributed by atoms with Crippen LogP contribution < -0.4 is 5.32 Å². The number of rotatable bonds is 4. The molecule has 6 atom stereocenters. The lowest BCUT2D eigenvalue weighted by Crippen LogP contribution is -2.47. The van der Waals surface area contributed by atoms with E-state index in [0.29, 0.717) is 24.3 Å². The van der Waals surface area contributed by atoms with Crippen molar-refractivity contribution >= 4 is 5.97 Å². The molecular weight excluding hydrogens is 270 g/mol. The van der Waals surface area contributed by atoms with Gasteiger partial charge in [-0.2, -0.15) is 0 Å². The lowest BCUT2D eigenvalue weighted by atomic mass is 9.98. The molecule has 3 aliphatic rings. The van der Waals surface area contributed by atoms with Gasteiger partial charge in [0.2, 0.25) is 0 Å². The molecule has 4 rings (SSSR count). The molecule has 0 aliphatic carbocycles. The van der Waals surface area contributed by atoms with Crippen molar-refractivity contribution in [3.63, 3.8) is 0 Å². The maximum Gasteiger partial charge on any atom is 0.316 e. The molecule has 0 radical (unpaired) electrons. The van der Waals surface area contributed by atoms with Gasteiger partial charge in [-0.25, -0.2) is 0 Å². The summed E-state index contributed by atoms with van der Waals surface area (Å²) in [5.41, 5.74) is 0.799. The predicted octanol–water partition coefficient (Wildman–Crippen LogP) is 0.576. The van der Waals surface area contributed by atoms with Gasteiger partial charge in [-0.3, -0.25) is 4.79 Å². The highest BCUT2D eigenvalue weighted by atomic mass is 16.6. The largest absolute Gasteiger partial charge is 0.462 e. The van der Waals surface area contributed by atoms with Crippen molar-refractivity contribution in [2.45, 2.75) is 49.2 Å². The van der Waals surface area contributed by atoms with Gasteiger partial charge in [-0.05, 0) is 5.56 Å². The normalized spacial score (nSPS) is 37.7. The number of epoxide rings is 1. The number of piperidine rings is 1. The Morgan fingerprint density at radius 2 is 1.95 bits per heavy atom. The van der Waals surface area contributed by atoms with Crippen molar-refractivity contribution in [2.24, 2.45) is 0 Å². The van der Waals surface area contributed by atoms with Crippen LogP contribution in [0.1, 0.15) is 24.3 Å². The Morgan fingerprint density at radius 3 is 2.57 bits per heavy atom. The summed E-state index contributed by atoms with van der Waals surface area (Å²) in [4.78, 5) is 12.3. The molecule has 0 spiro atoms.